The number of fused-ring (bicyclic) bond motifs is 1. The van der Waals surface area contributed by atoms with E-state index in [1.807, 2.05) is 12.1 Å². The molecular formula is C21H23N3O. The van der Waals surface area contributed by atoms with Crippen LogP contribution in [0.15, 0.2) is 48.5 Å². The lowest BCUT2D eigenvalue weighted by atomic mass is 10.0. The zero-order valence-corrected chi connectivity index (χ0v) is 14.7. The van der Waals surface area contributed by atoms with E-state index >= 15 is 0 Å². The lowest BCUT2D eigenvalue weighted by Gasteiger charge is -2.30. The summed E-state index contributed by atoms with van der Waals surface area (Å²) in [7, 11) is 1.69. The minimum Gasteiger partial charge on any atom is -0.497 e. The SMILES string of the molecule is COc1ccc(-c2cc3ccc(C)cc3c(N3CCNCC3)n2)cc1. The van der Waals surface area contributed by atoms with Crippen LogP contribution in [-0.4, -0.2) is 38.3 Å². The van der Waals surface area contributed by atoms with Crippen LogP contribution >= 0.6 is 0 Å². The van der Waals surface area contributed by atoms with Gasteiger partial charge in [-0.3, -0.25) is 0 Å². The highest BCUT2D eigenvalue weighted by atomic mass is 16.5. The fourth-order valence-electron chi connectivity index (χ4n) is 3.37. The zero-order chi connectivity index (χ0) is 17.2. The van der Waals surface area contributed by atoms with E-state index in [0.717, 1.165) is 49.0 Å². The maximum absolute atomic E-state index is 5.27. The number of hydrogen-bond acceptors (Lipinski definition) is 4. The maximum Gasteiger partial charge on any atom is 0.137 e. The van der Waals surface area contributed by atoms with Gasteiger partial charge in [0.2, 0.25) is 0 Å². The Morgan fingerprint density at radius 1 is 1.00 bits per heavy atom. The van der Waals surface area contributed by atoms with E-state index in [1.54, 1.807) is 7.11 Å². The number of nitrogens with one attached hydrogen (secondary N) is 1. The van der Waals surface area contributed by atoms with Crippen molar-refractivity contribution in [3.05, 3.63) is 54.1 Å². The second-order valence-electron chi connectivity index (χ2n) is 6.52. The first-order valence-corrected chi connectivity index (χ1v) is 8.76. The molecule has 0 unspecified atom stereocenters. The summed E-state index contributed by atoms with van der Waals surface area (Å²) in [5.41, 5.74) is 3.38. The van der Waals surface area contributed by atoms with E-state index in [1.165, 1.54) is 16.3 Å². The molecule has 0 spiro atoms. The second-order valence-corrected chi connectivity index (χ2v) is 6.52. The van der Waals surface area contributed by atoms with Crippen molar-refractivity contribution >= 4 is 16.6 Å². The Morgan fingerprint density at radius 2 is 1.76 bits per heavy atom. The molecule has 0 aliphatic carbocycles. The van der Waals surface area contributed by atoms with Gasteiger partial charge < -0.3 is 15.0 Å². The number of hydrogen-bond donors (Lipinski definition) is 1. The number of benzene rings is 2. The largest absolute Gasteiger partial charge is 0.497 e. The summed E-state index contributed by atoms with van der Waals surface area (Å²) in [6, 6.07) is 16.9. The van der Waals surface area contributed by atoms with Crippen molar-refractivity contribution in [1.82, 2.24) is 10.3 Å². The molecule has 4 rings (SSSR count). The number of rotatable bonds is 3. The van der Waals surface area contributed by atoms with Crippen molar-refractivity contribution in [3.8, 4) is 17.0 Å². The second kappa shape index (κ2) is 6.73. The summed E-state index contributed by atoms with van der Waals surface area (Å²) in [4.78, 5) is 7.44. The first kappa shape index (κ1) is 15.9. The molecule has 0 bridgehead atoms. The van der Waals surface area contributed by atoms with Gasteiger partial charge in [0.15, 0.2) is 0 Å². The van der Waals surface area contributed by atoms with Gasteiger partial charge in [-0.1, -0.05) is 17.7 Å². The standard InChI is InChI=1S/C21H23N3O/c1-15-3-4-17-14-20(16-5-7-18(25-2)8-6-16)23-21(19(17)13-15)24-11-9-22-10-12-24/h3-8,13-14,22H,9-12H2,1-2H3. The normalized spacial score (nSPS) is 14.7. The molecule has 1 fully saturated rings. The molecule has 1 N–H and O–H groups in total. The highest BCUT2D eigenvalue weighted by Crippen LogP contribution is 2.31. The van der Waals surface area contributed by atoms with Gasteiger partial charge >= 0.3 is 0 Å². The Labute approximate surface area is 148 Å². The van der Waals surface area contributed by atoms with Gasteiger partial charge in [-0.2, -0.15) is 0 Å². The van der Waals surface area contributed by atoms with Gasteiger partial charge in [0.25, 0.3) is 0 Å². The van der Waals surface area contributed by atoms with Crippen LogP contribution in [0.5, 0.6) is 5.75 Å². The molecule has 4 heteroatoms. The van der Waals surface area contributed by atoms with Crippen LogP contribution in [0.2, 0.25) is 0 Å². The number of aromatic nitrogens is 1. The lowest BCUT2D eigenvalue weighted by molar-refractivity contribution is 0.415. The molecule has 0 saturated carbocycles. The summed E-state index contributed by atoms with van der Waals surface area (Å²) in [6.07, 6.45) is 0. The van der Waals surface area contributed by atoms with Crippen LogP contribution < -0.4 is 15.0 Å². The zero-order valence-electron chi connectivity index (χ0n) is 14.7. The highest BCUT2D eigenvalue weighted by molar-refractivity contribution is 5.95. The van der Waals surface area contributed by atoms with Gasteiger partial charge in [0, 0.05) is 37.1 Å². The minimum atomic E-state index is 0.863. The lowest BCUT2D eigenvalue weighted by Crippen LogP contribution is -2.44. The molecule has 1 saturated heterocycles. The average Bonchev–Trinajstić information content (AvgIpc) is 2.68. The molecule has 128 valence electrons. The predicted octanol–water partition coefficient (Wildman–Crippen LogP) is 3.63. The van der Waals surface area contributed by atoms with Crippen LogP contribution in [-0.2, 0) is 0 Å². The van der Waals surface area contributed by atoms with E-state index in [0.29, 0.717) is 0 Å². The van der Waals surface area contributed by atoms with Gasteiger partial charge in [-0.25, -0.2) is 4.98 Å². The summed E-state index contributed by atoms with van der Waals surface area (Å²) >= 11 is 0. The number of methoxy groups -OCH3 is 1. The maximum atomic E-state index is 5.27. The van der Waals surface area contributed by atoms with Gasteiger partial charge in [0.05, 0.1) is 12.8 Å². The van der Waals surface area contributed by atoms with Crippen molar-refractivity contribution in [2.75, 3.05) is 38.2 Å². The first-order valence-electron chi connectivity index (χ1n) is 8.76. The minimum absolute atomic E-state index is 0.863. The van der Waals surface area contributed by atoms with E-state index in [2.05, 4.69) is 53.5 Å². The third kappa shape index (κ3) is 3.17. The van der Waals surface area contributed by atoms with E-state index in [-0.39, 0.29) is 0 Å². The Bertz CT molecular complexity index is 884. The van der Waals surface area contributed by atoms with Crippen LogP contribution in [0, 0.1) is 6.92 Å². The summed E-state index contributed by atoms with van der Waals surface area (Å²) < 4.78 is 5.27. The third-order valence-corrected chi connectivity index (χ3v) is 4.77. The van der Waals surface area contributed by atoms with Crippen LogP contribution in [0.25, 0.3) is 22.0 Å². The molecule has 1 aromatic heterocycles. The van der Waals surface area contributed by atoms with Gasteiger partial charge in [-0.15, -0.1) is 0 Å². The monoisotopic (exact) mass is 333 g/mol. The molecule has 25 heavy (non-hydrogen) atoms. The number of anilines is 1. The van der Waals surface area contributed by atoms with Crippen LogP contribution in [0.4, 0.5) is 5.82 Å². The predicted molar refractivity (Wildman–Crippen MR) is 104 cm³/mol. The smallest absolute Gasteiger partial charge is 0.137 e. The Morgan fingerprint density at radius 3 is 2.48 bits per heavy atom. The fraction of sp³-hybridized carbons (Fsp3) is 0.286. The summed E-state index contributed by atoms with van der Waals surface area (Å²) in [5.74, 6) is 1.95. The topological polar surface area (TPSA) is 37.4 Å². The molecular weight excluding hydrogens is 310 g/mol. The summed E-state index contributed by atoms with van der Waals surface area (Å²) in [5, 5.41) is 5.89. The highest BCUT2D eigenvalue weighted by Gasteiger charge is 2.16. The van der Waals surface area contributed by atoms with E-state index in [9.17, 15) is 0 Å². The average molecular weight is 333 g/mol. The quantitative estimate of drug-likeness (QED) is 0.794. The Kier molecular flexibility index (Phi) is 4.28. The molecule has 3 aromatic rings. The number of nitrogens with zero attached hydrogens (tertiary/aromatic N) is 2. The van der Waals surface area contributed by atoms with Crippen LogP contribution in [0.1, 0.15) is 5.56 Å². The van der Waals surface area contributed by atoms with Crippen LogP contribution in [0.3, 0.4) is 0 Å². The Balaban J connectivity index is 1.86. The molecule has 2 aromatic carbocycles. The van der Waals surface area contributed by atoms with E-state index < -0.39 is 0 Å². The van der Waals surface area contributed by atoms with E-state index in [4.69, 9.17) is 9.72 Å². The van der Waals surface area contributed by atoms with Gasteiger partial charge in [0.1, 0.15) is 11.6 Å². The molecule has 2 heterocycles. The number of pyridine rings is 1. The first-order chi connectivity index (χ1) is 12.2. The third-order valence-electron chi connectivity index (χ3n) is 4.77. The number of aryl methyl sites for hydroxylation is 1. The number of ether oxygens (including phenoxy) is 1. The van der Waals surface area contributed by atoms with Crippen molar-refractivity contribution in [2.24, 2.45) is 0 Å². The van der Waals surface area contributed by atoms with Crippen molar-refractivity contribution in [3.63, 3.8) is 0 Å². The molecule has 1 aliphatic heterocycles. The number of piperazine rings is 1. The molecule has 1 aliphatic rings. The van der Waals surface area contributed by atoms with Crippen molar-refractivity contribution < 1.29 is 4.74 Å². The van der Waals surface area contributed by atoms with Crippen molar-refractivity contribution in [2.45, 2.75) is 6.92 Å². The summed E-state index contributed by atoms with van der Waals surface area (Å²) in [6.45, 7) is 6.12. The van der Waals surface area contributed by atoms with Gasteiger partial charge in [-0.05, 0) is 48.7 Å². The van der Waals surface area contributed by atoms with Crippen molar-refractivity contribution in [1.29, 1.82) is 0 Å². The molecule has 0 amide bonds. The molecule has 0 atom stereocenters. The fourth-order valence-corrected chi connectivity index (χ4v) is 3.37. The molecule has 0 radical (unpaired) electrons. The Hall–Kier alpha value is -2.59. The molecule has 4 nitrogen and oxygen atoms in total.